The van der Waals surface area contributed by atoms with Crippen molar-refractivity contribution in [3.8, 4) is 27.4 Å². The number of carbonyl (C=O) groups excluding carboxylic acids is 1. The first-order chi connectivity index (χ1) is 18.4. The van der Waals surface area contributed by atoms with Crippen molar-refractivity contribution in [2.75, 3.05) is 5.73 Å². The maximum atomic E-state index is 14.2. The van der Waals surface area contributed by atoms with Gasteiger partial charge in [-0.25, -0.2) is 23.8 Å². The zero-order chi connectivity index (χ0) is 26.6. The number of phenolic OH excluding ortho intramolecular Hbond substituents is 1. The van der Waals surface area contributed by atoms with Gasteiger partial charge in [-0.2, -0.15) is 5.10 Å². The summed E-state index contributed by atoms with van der Waals surface area (Å²) in [5.74, 6) is -0.528. The van der Waals surface area contributed by atoms with Crippen molar-refractivity contribution in [3.63, 3.8) is 0 Å². The van der Waals surface area contributed by atoms with E-state index >= 15 is 0 Å². The number of fused-ring (bicyclic) bond motifs is 2. The second-order valence-corrected chi connectivity index (χ2v) is 9.73. The van der Waals surface area contributed by atoms with Gasteiger partial charge in [-0.1, -0.05) is 18.2 Å². The molecule has 1 atom stereocenters. The normalized spacial score (nSPS) is 12.3. The first-order valence-corrected chi connectivity index (χ1v) is 12.3. The molecule has 2 aromatic carbocycles. The highest BCUT2D eigenvalue weighted by Crippen LogP contribution is 2.40. The summed E-state index contributed by atoms with van der Waals surface area (Å²) in [6.07, 6.45) is 2.04. The van der Waals surface area contributed by atoms with E-state index in [-0.39, 0.29) is 22.8 Å². The maximum absolute atomic E-state index is 14.2. The van der Waals surface area contributed by atoms with Crippen LogP contribution in [0, 0.1) is 5.82 Å². The standard InChI is InChI=1S/C27H18FN5O4S/c1-13(24-21(20-7-6-17(11-34)38-20)18-4-2-3-5-19(18)27(36)37-24)33-26-22(25(29)30-12-31-26)23(32-33)14-8-15(28)10-16(35)9-14/h2-13,35H,1H3,(H2,29,30,31). The molecule has 0 saturated carbocycles. The first kappa shape index (κ1) is 23.5. The molecule has 6 rings (SSSR count). The van der Waals surface area contributed by atoms with Gasteiger partial charge in [0.2, 0.25) is 0 Å². The van der Waals surface area contributed by atoms with Gasteiger partial charge in [0.05, 0.1) is 15.6 Å². The molecule has 0 radical (unpaired) electrons. The number of nitrogen functional groups attached to an aromatic ring is 1. The molecular weight excluding hydrogens is 509 g/mol. The fourth-order valence-electron chi connectivity index (χ4n) is 4.61. The smallest absolute Gasteiger partial charge is 0.343 e. The largest absolute Gasteiger partial charge is 0.508 e. The van der Waals surface area contributed by atoms with Crippen LogP contribution < -0.4 is 11.4 Å². The number of anilines is 1. The van der Waals surface area contributed by atoms with Crippen molar-refractivity contribution < 1.29 is 18.7 Å². The predicted molar refractivity (Wildman–Crippen MR) is 142 cm³/mol. The highest BCUT2D eigenvalue weighted by molar-refractivity contribution is 7.17. The van der Waals surface area contributed by atoms with Crippen LogP contribution in [-0.2, 0) is 0 Å². The average Bonchev–Trinajstić information content (AvgIpc) is 3.53. The van der Waals surface area contributed by atoms with Crippen molar-refractivity contribution in [2.45, 2.75) is 13.0 Å². The van der Waals surface area contributed by atoms with Crippen LogP contribution in [0.1, 0.15) is 28.4 Å². The number of hydrogen-bond acceptors (Lipinski definition) is 9. The van der Waals surface area contributed by atoms with E-state index in [4.69, 9.17) is 10.2 Å². The molecule has 1 unspecified atom stereocenters. The third kappa shape index (κ3) is 3.71. The van der Waals surface area contributed by atoms with Gasteiger partial charge in [0.25, 0.3) is 0 Å². The SMILES string of the molecule is CC(c1oc(=O)c2ccccc2c1-c1ccc(C=O)s1)n1nc(-c2cc(O)cc(F)c2)c2c(N)ncnc21. The van der Waals surface area contributed by atoms with Gasteiger partial charge < -0.3 is 15.3 Å². The Bertz CT molecular complexity index is 1920. The van der Waals surface area contributed by atoms with Crippen molar-refractivity contribution >= 4 is 45.2 Å². The summed E-state index contributed by atoms with van der Waals surface area (Å²) >= 11 is 1.27. The van der Waals surface area contributed by atoms with Crippen LogP contribution in [0.5, 0.6) is 5.75 Å². The zero-order valence-corrected chi connectivity index (χ0v) is 20.6. The monoisotopic (exact) mass is 527 g/mol. The van der Waals surface area contributed by atoms with Gasteiger partial charge in [0, 0.05) is 27.5 Å². The van der Waals surface area contributed by atoms with E-state index in [0.29, 0.717) is 38.0 Å². The van der Waals surface area contributed by atoms with Crippen LogP contribution >= 0.6 is 11.3 Å². The summed E-state index contributed by atoms with van der Waals surface area (Å²) in [6, 6.07) is 13.4. The number of halogens is 1. The Labute approximate surface area is 217 Å². The number of thiophene rings is 1. The minimum atomic E-state index is -0.697. The van der Waals surface area contributed by atoms with Crippen molar-refractivity contribution in [3.05, 3.63) is 87.8 Å². The van der Waals surface area contributed by atoms with Gasteiger partial charge in [-0.3, -0.25) is 4.79 Å². The number of aromatic hydroxyl groups is 1. The molecule has 3 N–H and O–H groups in total. The van der Waals surface area contributed by atoms with E-state index in [1.54, 1.807) is 31.2 Å². The van der Waals surface area contributed by atoms with Gasteiger partial charge in [-0.05, 0) is 37.3 Å². The lowest BCUT2D eigenvalue weighted by Gasteiger charge is -2.17. The number of aldehydes is 1. The summed E-state index contributed by atoms with van der Waals surface area (Å²) < 4.78 is 21.6. The highest BCUT2D eigenvalue weighted by atomic mass is 32.1. The third-order valence-corrected chi connectivity index (χ3v) is 7.30. The molecule has 4 heterocycles. The molecule has 0 aliphatic rings. The number of rotatable bonds is 5. The van der Waals surface area contributed by atoms with Crippen molar-refractivity contribution in [1.82, 2.24) is 19.7 Å². The quantitative estimate of drug-likeness (QED) is 0.293. The molecule has 0 bridgehead atoms. The molecule has 4 aromatic heterocycles. The second-order valence-electron chi connectivity index (χ2n) is 8.62. The molecule has 0 saturated heterocycles. The maximum Gasteiger partial charge on any atom is 0.343 e. The zero-order valence-electron chi connectivity index (χ0n) is 19.8. The number of nitrogens with two attached hydrogens (primary N) is 1. The Kier molecular flexibility index (Phi) is 5.50. The summed E-state index contributed by atoms with van der Waals surface area (Å²) in [5, 5.41) is 16.1. The fourth-order valence-corrected chi connectivity index (χ4v) is 5.49. The molecule has 0 aliphatic carbocycles. The Hall–Kier alpha value is -4.90. The lowest BCUT2D eigenvalue weighted by Crippen LogP contribution is -2.14. The molecule has 0 aliphatic heterocycles. The van der Waals surface area contributed by atoms with Crippen molar-refractivity contribution in [1.29, 1.82) is 0 Å². The van der Waals surface area contributed by atoms with Gasteiger partial charge >= 0.3 is 5.63 Å². The first-order valence-electron chi connectivity index (χ1n) is 11.5. The molecule has 6 aromatic rings. The number of nitrogens with zero attached hydrogens (tertiary/aromatic N) is 4. The summed E-state index contributed by atoms with van der Waals surface area (Å²) in [7, 11) is 0. The van der Waals surface area contributed by atoms with Gasteiger partial charge in [0.1, 0.15) is 41.2 Å². The van der Waals surface area contributed by atoms with E-state index in [1.807, 2.05) is 12.1 Å². The van der Waals surface area contributed by atoms with Crippen LogP contribution in [0.4, 0.5) is 10.2 Å². The van der Waals surface area contributed by atoms with E-state index in [9.17, 15) is 19.1 Å². The Morgan fingerprint density at radius 3 is 2.66 bits per heavy atom. The predicted octanol–water partition coefficient (Wildman–Crippen LogP) is 5.18. The Morgan fingerprint density at radius 1 is 1.13 bits per heavy atom. The number of aromatic nitrogens is 4. The number of hydrogen-bond donors (Lipinski definition) is 2. The molecule has 0 spiro atoms. The summed E-state index contributed by atoms with van der Waals surface area (Å²) in [4.78, 5) is 34.2. The molecule has 11 heteroatoms. The minimum absolute atomic E-state index is 0.112. The summed E-state index contributed by atoms with van der Waals surface area (Å²) in [6.45, 7) is 1.78. The third-order valence-electron chi connectivity index (χ3n) is 6.28. The lowest BCUT2D eigenvalue weighted by molar-refractivity contribution is 0.112. The van der Waals surface area contributed by atoms with Crippen LogP contribution in [0.2, 0.25) is 0 Å². The van der Waals surface area contributed by atoms with Crippen LogP contribution in [0.3, 0.4) is 0 Å². The minimum Gasteiger partial charge on any atom is -0.508 e. The lowest BCUT2D eigenvalue weighted by atomic mass is 10.0. The van der Waals surface area contributed by atoms with Crippen molar-refractivity contribution in [2.24, 2.45) is 0 Å². The Morgan fingerprint density at radius 2 is 1.92 bits per heavy atom. The number of benzene rings is 2. The average molecular weight is 528 g/mol. The molecule has 0 amide bonds. The molecule has 0 fully saturated rings. The second kappa shape index (κ2) is 8.89. The molecule has 9 nitrogen and oxygen atoms in total. The summed E-state index contributed by atoms with van der Waals surface area (Å²) in [5.41, 5.74) is 7.16. The van der Waals surface area contributed by atoms with E-state index in [0.717, 1.165) is 17.2 Å². The van der Waals surface area contributed by atoms with Crippen LogP contribution in [0.15, 0.2) is 70.1 Å². The van der Waals surface area contributed by atoms with E-state index in [2.05, 4.69) is 15.1 Å². The fraction of sp³-hybridized carbons (Fsp3) is 0.0741. The van der Waals surface area contributed by atoms with E-state index in [1.165, 1.54) is 34.5 Å². The molecular formula is C27H18FN5O4S. The van der Waals surface area contributed by atoms with Gasteiger partial charge in [0.15, 0.2) is 11.9 Å². The highest BCUT2D eigenvalue weighted by Gasteiger charge is 2.27. The number of carbonyl (C=O) groups is 1. The number of phenols is 1. The van der Waals surface area contributed by atoms with Crippen LogP contribution in [-0.4, -0.2) is 31.1 Å². The Balaban J connectivity index is 1.65. The topological polar surface area (TPSA) is 137 Å². The van der Waals surface area contributed by atoms with E-state index < -0.39 is 17.5 Å². The molecule has 188 valence electrons. The van der Waals surface area contributed by atoms with Crippen LogP contribution in [0.25, 0.3) is 43.5 Å². The van der Waals surface area contributed by atoms with Gasteiger partial charge in [-0.15, -0.1) is 11.3 Å². The molecule has 38 heavy (non-hydrogen) atoms.